The maximum Gasteiger partial charge on any atom is 0.354 e. The maximum absolute atomic E-state index is 11.0. The van der Waals surface area contributed by atoms with Crippen LogP contribution in [0.2, 0.25) is 0 Å². The van der Waals surface area contributed by atoms with Gasteiger partial charge in [-0.1, -0.05) is 15.9 Å². The third-order valence-electron chi connectivity index (χ3n) is 2.59. The van der Waals surface area contributed by atoms with Crippen LogP contribution in [-0.4, -0.2) is 21.0 Å². The highest BCUT2D eigenvalue weighted by molar-refractivity contribution is 9.10. The molecule has 2 rings (SSSR count). The number of carboxylic acids is 1. The molecule has 108 valence electrons. The van der Waals surface area contributed by atoms with Gasteiger partial charge in [0.05, 0.1) is 4.92 Å². The van der Waals surface area contributed by atoms with Gasteiger partial charge in [-0.2, -0.15) is 0 Å². The number of carboxylic acid groups (broad SMARTS) is 1. The molecule has 0 unspecified atom stereocenters. The Balaban J connectivity index is 2.47. The molecule has 21 heavy (non-hydrogen) atoms. The third kappa shape index (κ3) is 3.54. The number of hydrogen-bond donors (Lipinski definition) is 2. The minimum Gasteiger partial charge on any atom is -0.477 e. The number of carbonyl (C=O) groups is 1. The van der Waals surface area contributed by atoms with Gasteiger partial charge in [0.2, 0.25) is 5.82 Å². The summed E-state index contributed by atoms with van der Waals surface area (Å²) in [5.41, 5.74) is 0.941. The molecule has 0 aliphatic rings. The van der Waals surface area contributed by atoms with Crippen LogP contribution in [0, 0.1) is 17.0 Å². The van der Waals surface area contributed by atoms with E-state index < -0.39 is 10.9 Å². The molecule has 0 fully saturated rings. The van der Waals surface area contributed by atoms with Crippen LogP contribution in [0.3, 0.4) is 0 Å². The van der Waals surface area contributed by atoms with Crippen LogP contribution >= 0.6 is 15.9 Å². The molecule has 0 amide bonds. The Labute approximate surface area is 127 Å². The molecule has 0 spiro atoms. The van der Waals surface area contributed by atoms with Crippen LogP contribution in [0.25, 0.3) is 0 Å². The monoisotopic (exact) mass is 351 g/mol. The van der Waals surface area contributed by atoms with Crippen molar-refractivity contribution in [2.45, 2.75) is 6.92 Å². The zero-order chi connectivity index (χ0) is 15.6. The van der Waals surface area contributed by atoms with Gasteiger partial charge < -0.3 is 10.4 Å². The van der Waals surface area contributed by atoms with Crippen LogP contribution in [-0.2, 0) is 0 Å². The van der Waals surface area contributed by atoms with Crippen LogP contribution in [0.15, 0.2) is 34.8 Å². The van der Waals surface area contributed by atoms with Crippen LogP contribution in [0.4, 0.5) is 17.2 Å². The molecule has 1 heterocycles. The molecule has 2 N–H and O–H groups in total. The third-order valence-corrected chi connectivity index (χ3v) is 3.05. The molecular weight excluding hydrogens is 342 g/mol. The fourth-order valence-electron chi connectivity index (χ4n) is 1.76. The van der Waals surface area contributed by atoms with Crippen LogP contribution in [0.5, 0.6) is 0 Å². The number of nitrogens with one attached hydrogen (secondary N) is 1. The van der Waals surface area contributed by atoms with Crippen molar-refractivity contribution in [2.24, 2.45) is 0 Å². The summed E-state index contributed by atoms with van der Waals surface area (Å²) in [5.74, 6) is -1.37. The first-order valence-electron chi connectivity index (χ1n) is 5.80. The Morgan fingerprint density at radius 3 is 2.67 bits per heavy atom. The minimum absolute atomic E-state index is 0.114. The van der Waals surface area contributed by atoms with E-state index in [0.717, 1.165) is 22.2 Å². The largest absolute Gasteiger partial charge is 0.477 e. The molecule has 0 aliphatic heterocycles. The summed E-state index contributed by atoms with van der Waals surface area (Å²) in [6.45, 7) is 1.87. The summed E-state index contributed by atoms with van der Waals surface area (Å²) < 4.78 is 0.794. The number of nitro groups is 1. The second-order valence-electron chi connectivity index (χ2n) is 4.27. The summed E-state index contributed by atoms with van der Waals surface area (Å²) in [7, 11) is 0. The number of halogens is 1. The normalized spacial score (nSPS) is 10.2. The van der Waals surface area contributed by atoms with Gasteiger partial charge in [0.25, 0.3) is 0 Å². The zero-order valence-corrected chi connectivity index (χ0v) is 12.4. The number of aromatic nitrogens is 1. The lowest BCUT2D eigenvalue weighted by Crippen LogP contribution is -2.06. The predicted molar refractivity (Wildman–Crippen MR) is 80.0 cm³/mol. The highest BCUT2D eigenvalue weighted by atomic mass is 79.9. The van der Waals surface area contributed by atoms with E-state index in [2.05, 4.69) is 26.2 Å². The van der Waals surface area contributed by atoms with Crippen molar-refractivity contribution in [1.82, 2.24) is 4.98 Å². The minimum atomic E-state index is -1.25. The smallest absolute Gasteiger partial charge is 0.354 e. The van der Waals surface area contributed by atoms with Crippen molar-refractivity contribution < 1.29 is 14.8 Å². The number of rotatable bonds is 4. The first-order chi connectivity index (χ1) is 9.86. The van der Waals surface area contributed by atoms with Gasteiger partial charge in [0.1, 0.15) is 0 Å². The summed E-state index contributed by atoms with van der Waals surface area (Å²) >= 11 is 3.32. The number of anilines is 2. The van der Waals surface area contributed by atoms with Gasteiger partial charge in [-0.05, 0) is 36.8 Å². The van der Waals surface area contributed by atoms with E-state index in [-0.39, 0.29) is 17.2 Å². The molecule has 1 aromatic carbocycles. The second-order valence-corrected chi connectivity index (χ2v) is 5.18. The van der Waals surface area contributed by atoms with Crippen molar-refractivity contribution >= 4 is 39.1 Å². The van der Waals surface area contributed by atoms with Crippen LogP contribution in [0.1, 0.15) is 16.1 Å². The SMILES string of the molecule is Cc1cc(Br)cc(Nc2nc(C(=O)O)ccc2[N+](=O)[O-])c1. The number of hydrogen-bond acceptors (Lipinski definition) is 5. The van der Waals surface area contributed by atoms with Gasteiger partial charge in [-0.3, -0.25) is 10.1 Å². The Morgan fingerprint density at radius 2 is 2.10 bits per heavy atom. The number of aromatic carboxylic acids is 1. The molecule has 0 saturated carbocycles. The lowest BCUT2D eigenvalue weighted by molar-refractivity contribution is -0.384. The van der Waals surface area contributed by atoms with Crippen LogP contribution < -0.4 is 5.32 Å². The van der Waals surface area contributed by atoms with Crippen molar-refractivity contribution in [1.29, 1.82) is 0 Å². The molecule has 8 heteroatoms. The van der Waals surface area contributed by atoms with E-state index in [9.17, 15) is 14.9 Å². The maximum atomic E-state index is 11.0. The summed E-state index contributed by atoms with van der Waals surface area (Å²) in [5, 5.41) is 22.7. The summed E-state index contributed by atoms with van der Waals surface area (Å²) in [6, 6.07) is 7.57. The fraction of sp³-hybridized carbons (Fsp3) is 0.0769. The molecule has 0 atom stereocenters. The van der Waals surface area contributed by atoms with E-state index >= 15 is 0 Å². The average Bonchev–Trinajstić information content (AvgIpc) is 2.36. The zero-order valence-electron chi connectivity index (χ0n) is 10.8. The van der Waals surface area contributed by atoms with Gasteiger partial charge >= 0.3 is 11.7 Å². The standard InChI is InChI=1S/C13H10BrN3O4/c1-7-4-8(14)6-9(5-7)15-12-11(17(20)21)3-2-10(16-12)13(18)19/h2-6H,1H3,(H,15,16)(H,18,19). The van der Waals surface area contributed by atoms with Gasteiger partial charge in [-0.25, -0.2) is 9.78 Å². The quantitative estimate of drug-likeness (QED) is 0.644. The van der Waals surface area contributed by atoms with Gasteiger partial charge in [0, 0.05) is 16.2 Å². The predicted octanol–water partition coefficient (Wildman–Crippen LogP) is 3.50. The van der Waals surface area contributed by atoms with E-state index in [1.165, 1.54) is 0 Å². The molecule has 0 aliphatic carbocycles. The topological polar surface area (TPSA) is 105 Å². The van der Waals surface area contributed by atoms with Crippen molar-refractivity contribution in [3.05, 3.63) is 56.2 Å². The van der Waals surface area contributed by atoms with Gasteiger partial charge in [-0.15, -0.1) is 0 Å². The van der Waals surface area contributed by atoms with Crippen molar-refractivity contribution in [2.75, 3.05) is 5.32 Å². The molecular formula is C13H10BrN3O4. The number of pyridine rings is 1. The Kier molecular flexibility index (Phi) is 4.18. The molecule has 0 radical (unpaired) electrons. The fourth-order valence-corrected chi connectivity index (χ4v) is 2.36. The van der Waals surface area contributed by atoms with E-state index in [4.69, 9.17) is 5.11 Å². The molecule has 1 aromatic heterocycles. The number of nitrogens with zero attached hydrogens (tertiary/aromatic N) is 2. The second kappa shape index (κ2) is 5.88. The first kappa shape index (κ1) is 14.9. The van der Waals surface area contributed by atoms with E-state index in [1.54, 1.807) is 12.1 Å². The van der Waals surface area contributed by atoms with Crippen molar-refractivity contribution in [3.63, 3.8) is 0 Å². The Hall–Kier alpha value is -2.48. The molecule has 2 aromatic rings. The number of benzene rings is 1. The average molecular weight is 352 g/mol. The van der Waals surface area contributed by atoms with Gasteiger partial charge in [0.15, 0.2) is 5.69 Å². The Bertz CT molecular complexity index is 713. The van der Waals surface area contributed by atoms with Crippen molar-refractivity contribution in [3.8, 4) is 0 Å². The number of aryl methyl sites for hydroxylation is 1. The lowest BCUT2D eigenvalue weighted by Gasteiger charge is -2.08. The first-order valence-corrected chi connectivity index (χ1v) is 6.59. The lowest BCUT2D eigenvalue weighted by atomic mass is 10.2. The molecule has 0 bridgehead atoms. The van der Waals surface area contributed by atoms with E-state index in [1.807, 2.05) is 13.0 Å². The molecule has 7 nitrogen and oxygen atoms in total. The summed E-state index contributed by atoms with van der Waals surface area (Å²) in [6.07, 6.45) is 0. The molecule has 0 saturated heterocycles. The Morgan fingerprint density at radius 1 is 1.38 bits per heavy atom. The van der Waals surface area contributed by atoms with E-state index in [0.29, 0.717) is 5.69 Å². The highest BCUT2D eigenvalue weighted by Gasteiger charge is 2.18. The highest BCUT2D eigenvalue weighted by Crippen LogP contribution is 2.28. The summed E-state index contributed by atoms with van der Waals surface area (Å²) in [4.78, 5) is 25.1.